The largest absolute Gasteiger partial charge is 0.348 e. The summed E-state index contributed by atoms with van der Waals surface area (Å²) < 4.78 is 13.5. The third-order valence-electron chi connectivity index (χ3n) is 2.47. The maximum atomic E-state index is 12.9. The first-order valence-corrected chi connectivity index (χ1v) is 6.52. The molecule has 0 aromatic heterocycles. The van der Waals surface area contributed by atoms with Crippen molar-refractivity contribution in [2.24, 2.45) is 0 Å². The molecule has 0 atom stereocenters. The Labute approximate surface area is 118 Å². The minimum absolute atomic E-state index is 0.191. The number of benzene rings is 2. The van der Waals surface area contributed by atoms with Gasteiger partial charge in [-0.25, -0.2) is 4.39 Å². The second-order valence-electron chi connectivity index (χ2n) is 3.79. The fourth-order valence-electron chi connectivity index (χ4n) is 1.55. The van der Waals surface area contributed by atoms with Crippen LogP contribution >= 0.6 is 22.6 Å². The van der Waals surface area contributed by atoms with Crippen LogP contribution in [0.25, 0.3) is 0 Å². The van der Waals surface area contributed by atoms with Crippen LogP contribution in [-0.4, -0.2) is 5.91 Å². The zero-order chi connectivity index (χ0) is 13.0. The first-order valence-electron chi connectivity index (χ1n) is 5.44. The predicted molar refractivity (Wildman–Crippen MR) is 76.7 cm³/mol. The summed E-state index contributed by atoms with van der Waals surface area (Å²) in [6, 6.07) is 13.8. The molecule has 18 heavy (non-hydrogen) atoms. The van der Waals surface area contributed by atoms with Crippen LogP contribution in [0.3, 0.4) is 0 Å². The van der Waals surface area contributed by atoms with Gasteiger partial charge in [0.2, 0.25) is 0 Å². The van der Waals surface area contributed by atoms with E-state index in [1.807, 2.05) is 52.9 Å². The van der Waals surface area contributed by atoms with Gasteiger partial charge in [-0.3, -0.25) is 4.79 Å². The Bertz CT molecular complexity index is 557. The number of amides is 1. The van der Waals surface area contributed by atoms with Gasteiger partial charge in [0.25, 0.3) is 5.91 Å². The average molecular weight is 355 g/mol. The van der Waals surface area contributed by atoms with Gasteiger partial charge in [0.05, 0.1) is 5.56 Å². The van der Waals surface area contributed by atoms with Crippen LogP contribution in [0.5, 0.6) is 0 Å². The van der Waals surface area contributed by atoms with Crippen molar-refractivity contribution in [3.05, 3.63) is 69.0 Å². The van der Waals surface area contributed by atoms with Crippen molar-refractivity contribution in [2.75, 3.05) is 0 Å². The zero-order valence-electron chi connectivity index (χ0n) is 9.49. The molecule has 1 amide bonds. The molecule has 0 heterocycles. The number of carbonyl (C=O) groups is 1. The minimum atomic E-state index is -0.334. The van der Waals surface area contributed by atoms with Gasteiger partial charge in [0.1, 0.15) is 5.82 Å². The summed E-state index contributed by atoms with van der Waals surface area (Å²) in [6.07, 6.45) is 0. The highest BCUT2D eigenvalue weighted by Crippen LogP contribution is 2.14. The first kappa shape index (κ1) is 13.0. The second-order valence-corrected chi connectivity index (χ2v) is 4.95. The molecule has 4 heteroatoms. The molecule has 0 aliphatic carbocycles. The third-order valence-corrected chi connectivity index (χ3v) is 3.36. The van der Waals surface area contributed by atoms with E-state index in [1.165, 1.54) is 18.2 Å². The number of rotatable bonds is 3. The molecule has 2 rings (SSSR count). The van der Waals surface area contributed by atoms with Crippen molar-refractivity contribution in [1.82, 2.24) is 5.32 Å². The van der Waals surface area contributed by atoms with Gasteiger partial charge in [0.15, 0.2) is 0 Å². The topological polar surface area (TPSA) is 29.1 Å². The molecular weight excluding hydrogens is 344 g/mol. The maximum Gasteiger partial charge on any atom is 0.252 e. The van der Waals surface area contributed by atoms with Crippen LogP contribution in [0.4, 0.5) is 4.39 Å². The molecule has 0 aliphatic heterocycles. The van der Waals surface area contributed by atoms with Crippen LogP contribution in [0, 0.1) is 9.39 Å². The summed E-state index contributed by atoms with van der Waals surface area (Å²) in [4.78, 5) is 11.9. The highest BCUT2D eigenvalue weighted by atomic mass is 127. The van der Waals surface area contributed by atoms with Gasteiger partial charge in [-0.15, -0.1) is 0 Å². The van der Waals surface area contributed by atoms with E-state index >= 15 is 0 Å². The normalized spacial score (nSPS) is 10.1. The van der Waals surface area contributed by atoms with E-state index in [9.17, 15) is 9.18 Å². The van der Waals surface area contributed by atoms with E-state index in [0.29, 0.717) is 15.7 Å². The van der Waals surface area contributed by atoms with Crippen LogP contribution in [-0.2, 0) is 6.54 Å². The summed E-state index contributed by atoms with van der Waals surface area (Å²) >= 11 is 1.95. The molecule has 92 valence electrons. The maximum absolute atomic E-state index is 12.9. The fraction of sp³-hybridized carbons (Fsp3) is 0.0714. The number of carbonyl (C=O) groups excluding carboxylic acids is 1. The minimum Gasteiger partial charge on any atom is -0.348 e. The fourth-order valence-corrected chi connectivity index (χ4v) is 2.27. The molecule has 2 aromatic rings. The highest BCUT2D eigenvalue weighted by molar-refractivity contribution is 14.1. The Hall–Kier alpha value is -1.43. The molecular formula is C14H11FINO. The summed E-state index contributed by atoms with van der Waals surface area (Å²) in [5, 5.41) is 2.81. The van der Waals surface area contributed by atoms with E-state index in [4.69, 9.17) is 0 Å². The second kappa shape index (κ2) is 5.95. The molecule has 1 N–H and O–H groups in total. The van der Waals surface area contributed by atoms with E-state index in [2.05, 4.69) is 5.32 Å². The summed E-state index contributed by atoms with van der Waals surface area (Å²) in [7, 11) is 0. The Morgan fingerprint density at radius 3 is 2.56 bits per heavy atom. The van der Waals surface area contributed by atoms with Crippen molar-refractivity contribution < 1.29 is 9.18 Å². The van der Waals surface area contributed by atoms with E-state index in [1.54, 1.807) is 0 Å². The zero-order valence-corrected chi connectivity index (χ0v) is 11.6. The number of nitrogens with one attached hydrogen (secondary N) is 1. The quantitative estimate of drug-likeness (QED) is 0.841. The number of hydrogen-bond donors (Lipinski definition) is 1. The van der Waals surface area contributed by atoms with Gasteiger partial charge >= 0.3 is 0 Å². The van der Waals surface area contributed by atoms with Gasteiger partial charge in [-0.05, 0) is 46.4 Å². The van der Waals surface area contributed by atoms with Crippen molar-refractivity contribution in [2.45, 2.75) is 6.54 Å². The lowest BCUT2D eigenvalue weighted by molar-refractivity contribution is 0.0950. The van der Waals surface area contributed by atoms with Crippen molar-refractivity contribution in [1.29, 1.82) is 0 Å². The molecule has 0 aliphatic rings. The number of halogens is 2. The van der Waals surface area contributed by atoms with Gasteiger partial charge in [-0.2, -0.15) is 0 Å². The van der Waals surface area contributed by atoms with Crippen LogP contribution in [0.15, 0.2) is 48.5 Å². The van der Waals surface area contributed by atoms with Gasteiger partial charge < -0.3 is 5.32 Å². The Morgan fingerprint density at radius 2 is 1.89 bits per heavy atom. The molecule has 0 spiro atoms. The van der Waals surface area contributed by atoms with Gasteiger partial charge in [-0.1, -0.05) is 30.3 Å². The predicted octanol–water partition coefficient (Wildman–Crippen LogP) is 3.36. The summed E-state index contributed by atoms with van der Waals surface area (Å²) in [5.41, 5.74) is 1.52. The molecule has 2 aromatic carbocycles. The van der Waals surface area contributed by atoms with E-state index < -0.39 is 0 Å². The Kier molecular flexibility index (Phi) is 4.30. The third kappa shape index (κ3) is 3.29. The standard InChI is InChI=1S/C14H11FINO/c15-11-6-7-12(13(16)8-11)14(18)17-9-10-4-2-1-3-5-10/h1-8H,9H2,(H,17,18). The molecule has 0 bridgehead atoms. The lowest BCUT2D eigenvalue weighted by atomic mass is 10.2. The highest BCUT2D eigenvalue weighted by Gasteiger charge is 2.09. The molecule has 0 unspecified atom stereocenters. The van der Waals surface area contributed by atoms with Crippen molar-refractivity contribution in [3.8, 4) is 0 Å². The average Bonchev–Trinajstić information content (AvgIpc) is 2.37. The van der Waals surface area contributed by atoms with Crippen molar-refractivity contribution in [3.63, 3.8) is 0 Å². The molecule has 0 saturated carbocycles. The molecule has 2 nitrogen and oxygen atoms in total. The Morgan fingerprint density at radius 1 is 1.17 bits per heavy atom. The molecule has 0 fully saturated rings. The lowest BCUT2D eigenvalue weighted by Gasteiger charge is -2.07. The smallest absolute Gasteiger partial charge is 0.252 e. The van der Waals surface area contributed by atoms with E-state index in [0.717, 1.165) is 5.56 Å². The SMILES string of the molecule is O=C(NCc1ccccc1)c1ccc(F)cc1I. The lowest BCUT2D eigenvalue weighted by Crippen LogP contribution is -2.23. The molecule has 0 saturated heterocycles. The van der Waals surface area contributed by atoms with Crippen LogP contribution < -0.4 is 5.32 Å². The van der Waals surface area contributed by atoms with Crippen molar-refractivity contribution >= 4 is 28.5 Å². The molecule has 0 radical (unpaired) electrons. The van der Waals surface area contributed by atoms with Gasteiger partial charge in [0, 0.05) is 10.1 Å². The van der Waals surface area contributed by atoms with E-state index in [-0.39, 0.29) is 11.7 Å². The van der Waals surface area contributed by atoms with Crippen LogP contribution in [0.2, 0.25) is 0 Å². The monoisotopic (exact) mass is 355 g/mol. The summed E-state index contributed by atoms with van der Waals surface area (Å²) in [6.45, 7) is 0.465. The van der Waals surface area contributed by atoms with Crippen LogP contribution in [0.1, 0.15) is 15.9 Å². The Balaban J connectivity index is 2.04. The first-order chi connectivity index (χ1) is 8.66. The number of hydrogen-bond acceptors (Lipinski definition) is 1. The summed E-state index contributed by atoms with van der Waals surface area (Å²) in [5.74, 6) is -0.526.